The van der Waals surface area contributed by atoms with Crippen molar-refractivity contribution in [2.45, 2.75) is 63.8 Å². The van der Waals surface area contributed by atoms with E-state index in [1.165, 1.54) is 5.56 Å². The van der Waals surface area contributed by atoms with Crippen molar-refractivity contribution in [3.63, 3.8) is 0 Å². The van der Waals surface area contributed by atoms with Gasteiger partial charge in [0.05, 0.1) is 11.7 Å². The van der Waals surface area contributed by atoms with Crippen molar-refractivity contribution < 1.29 is 10.2 Å². The molecule has 1 aliphatic rings. The zero-order valence-electron chi connectivity index (χ0n) is 16.4. The molecule has 1 aliphatic heterocycles. The topological polar surface area (TPSA) is 43.7 Å². The van der Waals surface area contributed by atoms with E-state index in [4.69, 9.17) is 0 Å². The Morgan fingerprint density at radius 1 is 1.04 bits per heavy atom. The highest BCUT2D eigenvalue weighted by Crippen LogP contribution is 2.30. The van der Waals surface area contributed by atoms with E-state index in [0.29, 0.717) is 13.0 Å². The lowest BCUT2D eigenvalue weighted by Gasteiger charge is -2.44. The van der Waals surface area contributed by atoms with Crippen LogP contribution in [0, 0.1) is 0 Å². The number of nitrogens with zero attached hydrogens (tertiary/aromatic N) is 1. The summed E-state index contributed by atoms with van der Waals surface area (Å²) in [5.41, 5.74) is 2.64. The van der Waals surface area contributed by atoms with E-state index in [2.05, 4.69) is 58.9 Å². The molecule has 146 valence electrons. The number of aliphatic hydroxyl groups excluding tert-OH is 1. The standard InChI is InChI=1S/C23H30BrNO2/c1-16-12-21(26)13-17(2)25(16)15-23(3,27)14-19-6-4-5-7-22(19)18-8-10-20(24)11-9-18/h4-11,16-17,21,26-27H,12-15H2,1-3H3. The minimum absolute atomic E-state index is 0.227. The summed E-state index contributed by atoms with van der Waals surface area (Å²) in [5.74, 6) is 0. The second-order valence-corrected chi connectivity index (χ2v) is 9.25. The molecule has 4 heteroatoms. The van der Waals surface area contributed by atoms with Gasteiger partial charge in [0.15, 0.2) is 0 Å². The van der Waals surface area contributed by atoms with Gasteiger partial charge < -0.3 is 10.2 Å². The summed E-state index contributed by atoms with van der Waals surface area (Å²) in [7, 11) is 0. The molecule has 3 atom stereocenters. The highest BCUT2D eigenvalue weighted by atomic mass is 79.9. The van der Waals surface area contributed by atoms with Crippen LogP contribution < -0.4 is 0 Å². The van der Waals surface area contributed by atoms with Crippen LogP contribution in [0.25, 0.3) is 11.1 Å². The van der Waals surface area contributed by atoms with Gasteiger partial charge in [0.2, 0.25) is 0 Å². The number of halogens is 1. The fourth-order valence-electron chi connectivity index (χ4n) is 4.35. The summed E-state index contributed by atoms with van der Waals surface area (Å²) in [6.07, 6.45) is 1.91. The van der Waals surface area contributed by atoms with Gasteiger partial charge in [-0.15, -0.1) is 0 Å². The van der Waals surface area contributed by atoms with Gasteiger partial charge in [-0.25, -0.2) is 0 Å². The van der Waals surface area contributed by atoms with Crippen LogP contribution in [0.1, 0.15) is 39.2 Å². The maximum atomic E-state index is 11.2. The normalized spacial score (nSPS) is 25.9. The molecule has 0 bridgehead atoms. The van der Waals surface area contributed by atoms with Crippen molar-refractivity contribution in [1.29, 1.82) is 0 Å². The lowest BCUT2D eigenvalue weighted by molar-refractivity contribution is -0.0450. The molecule has 1 saturated heterocycles. The van der Waals surface area contributed by atoms with E-state index in [-0.39, 0.29) is 18.2 Å². The maximum Gasteiger partial charge on any atom is 0.0786 e. The van der Waals surface area contributed by atoms with Crippen molar-refractivity contribution in [2.24, 2.45) is 0 Å². The summed E-state index contributed by atoms with van der Waals surface area (Å²) < 4.78 is 1.06. The van der Waals surface area contributed by atoms with Gasteiger partial charge in [0, 0.05) is 29.5 Å². The Labute approximate surface area is 171 Å². The molecule has 1 fully saturated rings. The van der Waals surface area contributed by atoms with E-state index in [9.17, 15) is 10.2 Å². The maximum absolute atomic E-state index is 11.2. The summed E-state index contributed by atoms with van der Waals surface area (Å²) in [4.78, 5) is 2.34. The zero-order valence-corrected chi connectivity index (χ0v) is 18.0. The smallest absolute Gasteiger partial charge is 0.0786 e. The third-order valence-corrected chi connectivity index (χ3v) is 6.15. The minimum atomic E-state index is -0.837. The summed E-state index contributed by atoms with van der Waals surface area (Å²) in [5, 5.41) is 21.2. The van der Waals surface area contributed by atoms with Crippen LogP contribution in [0.4, 0.5) is 0 Å². The highest BCUT2D eigenvalue weighted by Gasteiger charge is 2.35. The minimum Gasteiger partial charge on any atom is -0.393 e. The van der Waals surface area contributed by atoms with Crippen molar-refractivity contribution in [3.8, 4) is 11.1 Å². The first-order valence-electron chi connectivity index (χ1n) is 9.75. The third-order valence-electron chi connectivity index (χ3n) is 5.63. The average molecular weight is 432 g/mol. The first-order chi connectivity index (χ1) is 12.7. The number of piperidine rings is 1. The number of benzene rings is 2. The molecule has 0 spiro atoms. The Balaban J connectivity index is 1.79. The van der Waals surface area contributed by atoms with E-state index in [1.807, 2.05) is 31.2 Å². The average Bonchev–Trinajstić information content (AvgIpc) is 2.59. The van der Waals surface area contributed by atoms with Crippen molar-refractivity contribution in [3.05, 3.63) is 58.6 Å². The summed E-state index contributed by atoms with van der Waals surface area (Å²) >= 11 is 3.49. The van der Waals surface area contributed by atoms with Crippen molar-refractivity contribution in [2.75, 3.05) is 6.54 Å². The predicted octanol–water partition coefficient (Wildman–Crippen LogP) is 4.64. The fourth-order valence-corrected chi connectivity index (χ4v) is 4.61. The number of β-amino-alcohol motifs (C(OH)–C–C–N with tert-alkyl or cyclic N) is 1. The Morgan fingerprint density at radius 3 is 2.26 bits per heavy atom. The van der Waals surface area contributed by atoms with Gasteiger partial charge in [0.1, 0.15) is 0 Å². The van der Waals surface area contributed by atoms with E-state index in [0.717, 1.165) is 28.4 Å². The Morgan fingerprint density at radius 2 is 1.63 bits per heavy atom. The molecule has 27 heavy (non-hydrogen) atoms. The predicted molar refractivity (Wildman–Crippen MR) is 115 cm³/mol. The number of aliphatic hydroxyl groups is 2. The molecule has 0 aliphatic carbocycles. The zero-order chi connectivity index (χ0) is 19.6. The first kappa shape index (κ1) is 20.5. The second kappa shape index (κ2) is 8.44. The molecule has 0 amide bonds. The van der Waals surface area contributed by atoms with Gasteiger partial charge >= 0.3 is 0 Å². The van der Waals surface area contributed by atoms with E-state index >= 15 is 0 Å². The van der Waals surface area contributed by atoms with E-state index < -0.39 is 5.60 Å². The van der Waals surface area contributed by atoms with Gasteiger partial charge in [-0.05, 0) is 62.4 Å². The highest BCUT2D eigenvalue weighted by molar-refractivity contribution is 9.10. The van der Waals surface area contributed by atoms with Gasteiger partial charge in [0.25, 0.3) is 0 Å². The molecule has 0 radical (unpaired) electrons. The van der Waals surface area contributed by atoms with Crippen LogP contribution in [0.3, 0.4) is 0 Å². The van der Waals surface area contributed by atoms with Crippen LogP contribution in [0.2, 0.25) is 0 Å². The Kier molecular flexibility index (Phi) is 6.42. The Hall–Kier alpha value is -1.20. The molecule has 2 N–H and O–H groups in total. The molecule has 1 heterocycles. The van der Waals surface area contributed by atoms with Crippen LogP contribution in [0.5, 0.6) is 0 Å². The fraction of sp³-hybridized carbons (Fsp3) is 0.478. The number of rotatable bonds is 5. The second-order valence-electron chi connectivity index (χ2n) is 8.33. The lowest BCUT2D eigenvalue weighted by atomic mass is 9.87. The third kappa shape index (κ3) is 5.20. The number of hydrogen-bond donors (Lipinski definition) is 2. The monoisotopic (exact) mass is 431 g/mol. The Bertz CT molecular complexity index is 747. The van der Waals surface area contributed by atoms with Crippen LogP contribution in [0.15, 0.2) is 53.0 Å². The summed E-state index contributed by atoms with van der Waals surface area (Å²) in [6, 6.07) is 17.2. The van der Waals surface area contributed by atoms with Crippen molar-refractivity contribution in [1.82, 2.24) is 4.90 Å². The van der Waals surface area contributed by atoms with Gasteiger partial charge in [-0.3, -0.25) is 4.90 Å². The quantitative estimate of drug-likeness (QED) is 0.724. The molecule has 2 aromatic carbocycles. The van der Waals surface area contributed by atoms with Gasteiger partial charge in [-0.1, -0.05) is 52.3 Å². The largest absolute Gasteiger partial charge is 0.393 e. The summed E-state index contributed by atoms with van der Waals surface area (Å²) in [6.45, 7) is 6.82. The lowest BCUT2D eigenvalue weighted by Crippen LogP contribution is -2.54. The first-order valence-corrected chi connectivity index (χ1v) is 10.5. The van der Waals surface area contributed by atoms with E-state index in [1.54, 1.807) is 0 Å². The van der Waals surface area contributed by atoms with Crippen LogP contribution in [-0.2, 0) is 6.42 Å². The molecule has 3 rings (SSSR count). The molecule has 3 nitrogen and oxygen atoms in total. The molecule has 0 aromatic heterocycles. The molecular weight excluding hydrogens is 402 g/mol. The van der Waals surface area contributed by atoms with Gasteiger partial charge in [-0.2, -0.15) is 0 Å². The van der Waals surface area contributed by atoms with Crippen molar-refractivity contribution >= 4 is 15.9 Å². The molecule has 2 aromatic rings. The SMILES string of the molecule is CC1CC(O)CC(C)N1CC(C)(O)Cc1ccccc1-c1ccc(Br)cc1. The molecular formula is C23H30BrNO2. The van der Waals surface area contributed by atoms with Crippen LogP contribution >= 0.6 is 15.9 Å². The number of likely N-dealkylation sites (tertiary alicyclic amines) is 1. The molecule has 0 saturated carbocycles. The molecule has 3 unspecified atom stereocenters. The van der Waals surface area contributed by atoms with Crippen LogP contribution in [-0.4, -0.2) is 45.4 Å². The number of hydrogen-bond acceptors (Lipinski definition) is 3.